The first-order valence-corrected chi connectivity index (χ1v) is 8.47. The predicted molar refractivity (Wildman–Crippen MR) is 97.8 cm³/mol. The van der Waals surface area contributed by atoms with Crippen LogP contribution in [-0.2, 0) is 16.1 Å². The van der Waals surface area contributed by atoms with Crippen molar-refractivity contribution < 1.29 is 19.0 Å². The number of fused-ring (bicyclic) bond motifs is 1. The van der Waals surface area contributed by atoms with Gasteiger partial charge >= 0.3 is 0 Å². The van der Waals surface area contributed by atoms with Crippen molar-refractivity contribution in [3.8, 4) is 11.5 Å². The van der Waals surface area contributed by atoms with Gasteiger partial charge in [-0.15, -0.1) is 0 Å². The second kappa shape index (κ2) is 9.19. The van der Waals surface area contributed by atoms with Crippen molar-refractivity contribution in [1.29, 1.82) is 0 Å². The van der Waals surface area contributed by atoms with E-state index in [1.54, 1.807) is 12.1 Å². The van der Waals surface area contributed by atoms with Gasteiger partial charge in [-0.3, -0.25) is 9.59 Å². The molecule has 1 amide bonds. The van der Waals surface area contributed by atoms with Crippen molar-refractivity contribution >= 4 is 16.7 Å². The van der Waals surface area contributed by atoms with Crippen LogP contribution in [0.15, 0.2) is 23.1 Å². The number of amides is 1. The first-order chi connectivity index (χ1) is 12.5. The highest BCUT2D eigenvalue weighted by Gasteiger charge is 2.15. The number of nitrogens with one attached hydrogen (secondary N) is 1. The van der Waals surface area contributed by atoms with Crippen LogP contribution in [0.25, 0.3) is 10.8 Å². The second-order valence-electron chi connectivity index (χ2n) is 6.00. The Morgan fingerprint density at radius 2 is 2.04 bits per heavy atom. The van der Waals surface area contributed by atoms with E-state index in [1.165, 1.54) is 20.4 Å². The molecular formula is C18H25N3O5. The molecular weight excluding hydrogens is 338 g/mol. The lowest BCUT2D eigenvalue weighted by atomic mass is 10.1. The van der Waals surface area contributed by atoms with Gasteiger partial charge in [0.05, 0.1) is 31.9 Å². The Morgan fingerprint density at radius 3 is 2.69 bits per heavy atom. The van der Waals surface area contributed by atoms with Gasteiger partial charge in [0.2, 0.25) is 5.91 Å². The summed E-state index contributed by atoms with van der Waals surface area (Å²) in [5.41, 5.74) is -0.406. The summed E-state index contributed by atoms with van der Waals surface area (Å²) < 4.78 is 17.1. The van der Waals surface area contributed by atoms with E-state index in [4.69, 9.17) is 14.2 Å². The molecule has 8 nitrogen and oxygen atoms in total. The van der Waals surface area contributed by atoms with Crippen LogP contribution in [0.1, 0.15) is 20.3 Å². The largest absolute Gasteiger partial charge is 0.493 e. The average Bonchev–Trinajstić information content (AvgIpc) is 2.62. The molecule has 1 aromatic heterocycles. The molecule has 2 rings (SSSR count). The molecule has 142 valence electrons. The Kier molecular flexibility index (Phi) is 6.97. The van der Waals surface area contributed by atoms with Crippen LogP contribution >= 0.6 is 0 Å². The zero-order valence-corrected chi connectivity index (χ0v) is 15.6. The molecule has 1 N–H and O–H groups in total. The smallest absolute Gasteiger partial charge is 0.279 e. The fourth-order valence-corrected chi connectivity index (χ4v) is 2.51. The van der Waals surface area contributed by atoms with Gasteiger partial charge in [0, 0.05) is 18.5 Å². The number of rotatable bonds is 9. The number of hydrogen-bond acceptors (Lipinski definition) is 6. The van der Waals surface area contributed by atoms with Crippen molar-refractivity contribution in [3.63, 3.8) is 0 Å². The second-order valence-corrected chi connectivity index (χ2v) is 6.00. The SMILES string of the molecule is COc1ccc2cnn(CC(=O)NCCCOC(C)C)c(=O)c2c1OC. The van der Waals surface area contributed by atoms with Crippen LogP contribution in [0.4, 0.5) is 0 Å². The minimum Gasteiger partial charge on any atom is -0.493 e. The van der Waals surface area contributed by atoms with Crippen molar-refractivity contribution in [3.05, 3.63) is 28.7 Å². The number of carbonyl (C=O) groups excluding carboxylic acids is 1. The molecule has 0 aliphatic rings. The number of benzene rings is 1. The minimum atomic E-state index is -0.406. The van der Waals surface area contributed by atoms with Gasteiger partial charge in [0.25, 0.3) is 5.56 Å². The highest BCUT2D eigenvalue weighted by atomic mass is 16.5. The standard InChI is InChI=1S/C18H25N3O5/c1-12(2)26-9-5-8-19-15(22)11-21-18(23)16-13(10-20-21)6-7-14(24-3)17(16)25-4/h6-7,10,12H,5,8-9,11H2,1-4H3,(H,19,22). The molecule has 26 heavy (non-hydrogen) atoms. The summed E-state index contributed by atoms with van der Waals surface area (Å²) >= 11 is 0. The number of ether oxygens (including phenoxy) is 3. The molecule has 1 aromatic carbocycles. The van der Waals surface area contributed by atoms with Crippen LogP contribution < -0.4 is 20.3 Å². The Balaban J connectivity index is 2.11. The van der Waals surface area contributed by atoms with E-state index in [0.717, 1.165) is 4.68 Å². The maximum absolute atomic E-state index is 12.7. The van der Waals surface area contributed by atoms with Crippen molar-refractivity contribution in [2.24, 2.45) is 0 Å². The van der Waals surface area contributed by atoms with Gasteiger partial charge in [-0.05, 0) is 32.4 Å². The summed E-state index contributed by atoms with van der Waals surface area (Å²) in [7, 11) is 2.97. The topological polar surface area (TPSA) is 91.7 Å². The van der Waals surface area contributed by atoms with Gasteiger partial charge in [0.1, 0.15) is 6.54 Å². The van der Waals surface area contributed by atoms with E-state index in [-0.39, 0.29) is 18.6 Å². The normalized spacial score (nSPS) is 11.0. The molecule has 0 spiro atoms. The van der Waals surface area contributed by atoms with Crippen LogP contribution in [0.3, 0.4) is 0 Å². The number of hydrogen-bond donors (Lipinski definition) is 1. The van der Waals surface area contributed by atoms with E-state index in [0.29, 0.717) is 41.8 Å². The molecule has 0 radical (unpaired) electrons. The maximum atomic E-state index is 12.7. The van der Waals surface area contributed by atoms with Crippen LogP contribution in [0.5, 0.6) is 11.5 Å². The van der Waals surface area contributed by atoms with Gasteiger partial charge in [0.15, 0.2) is 11.5 Å². The summed E-state index contributed by atoms with van der Waals surface area (Å²) in [5.74, 6) is 0.493. The summed E-state index contributed by atoms with van der Waals surface area (Å²) in [4.78, 5) is 24.8. The van der Waals surface area contributed by atoms with E-state index >= 15 is 0 Å². The van der Waals surface area contributed by atoms with E-state index in [9.17, 15) is 9.59 Å². The summed E-state index contributed by atoms with van der Waals surface area (Å²) in [5, 5.41) is 7.78. The van der Waals surface area contributed by atoms with Crippen LogP contribution in [-0.4, -0.2) is 49.2 Å². The zero-order valence-electron chi connectivity index (χ0n) is 15.6. The quantitative estimate of drug-likeness (QED) is 0.676. The highest BCUT2D eigenvalue weighted by Crippen LogP contribution is 2.32. The summed E-state index contributed by atoms with van der Waals surface area (Å²) in [6, 6.07) is 3.43. The summed E-state index contributed by atoms with van der Waals surface area (Å²) in [6.07, 6.45) is 2.40. The van der Waals surface area contributed by atoms with Crippen LogP contribution in [0, 0.1) is 0 Å². The Bertz CT molecular complexity index is 816. The molecule has 0 aliphatic heterocycles. The lowest BCUT2D eigenvalue weighted by Gasteiger charge is -2.12. The van der Waals surface area contributed by atoms with Crippen molar-refractivity contribution in [2.45, 2.75) is 32.9 Å². The molecule has 0 unspecified atom stereocenters. The first-order valence-electron chi connectivity index (χ1n) is 8.47. The van der Waals surface area contributed by atoms with Gasteiger partial charge in [-0.2, -0.15) is 5.10 Å². The van der Waals surface area contributed by atoms with Crippen LogP contribution in [0.2, 0.25) is 0 Å². The number of aromatic nitrogens is 2. The molecule has 8 heteroatoms. The molecule has 0 fully saturated rings. The predicted octanol–water partition coefficient (Wildman–Crippen LogP) is 1.34. The Hall–Kier alpha value is -2.61. The average molecular weight is 363 g/mol. The van der Waals surface area contributed by atoms with E-state index < -0.39 is 5.56 Å². The van der Waals surface area contributed by atoms with Gasteiger partial charge < -0.3 is 19.5 Å². The Morgan fingerprint density at radius 1 is 1.27 bits per heavy atom. The molecule has 2 aromatic rings. The molecule has 0 aliphatic carbocycles. The zero-order chi connectivity index (χ0) is 19.1. The molecule has 0 saturated heterocycles. The third-order valence-corrected chi connectivity index (χ3v) is 3.75. The first kappa shape index (κ1) is 19.7. The molecule has 1 heterocycles. The van der Waals surface area contributed by atoms with Crippen molar-refractivity contribution in [1.82, 2.24) is 15.1 Å². The third-order valence-electron chi connectivity index (χ3n) is 3.75. The van der Waals surface area contributed by atoms with Crippen molar-refractivity contribution in [2.75, 3.05) is 27.4 Å². The van der Waals surface area contributed by atoms with Gasteiger partial charge in [-0.25, -0.2) is 4.68 Å². The number of methoxy groups -OCH3 is 2. The number of carbonyl (C=O) groups is 1. The molecule has 0 saturated carbocycles. The van der Waals surface area contributed by atoms with E-state index in [2.05, 4.69) is 10.4 Å². The lowest BCUT2D eigenvalue weighted by molar-refractivity contribution is -0.121. The summed E-state index contributed by atoms with van der Waals surface area (Å²) in [6.45, 7) is 4.80. The van der Waals surface area contributed by atoms with Gasteiger partial charge in [-0.1, -0.05) is 0 Å². The molecule has 0 atom stereocenters. The maximum Gasteiger partial charge on any atom is 0.279 e. The highest BCUT2D eigenvalue weighted by molar-refractivity contribution is 5.89. The minimum absolute atomic E-state index is 0.165. The lowest BCUT2D eigenvalue weighted by Crippen LogP contribution is -2.34. The monoisotopic (exact) mass is 363 g/mol. The number of nitrogens with zero attached hydrogens (tertiary/aromatic N) is 2. The fraction of sp³-hybridized carbons (Fsp3) is 0.500. The third kappa shape index (κ3) is 4.72. The molecule has 0 bridgehead atoms. The fourth-order valence-electron chi connectivity index (χ4n) is 2.51. The Labute approximate surface area is 152 Å². The van der Waals surface area contributed by atoms with E-state index in [1.807, 2.05) is 13.8 Å².